The van der Waals surface area contributed by atoms with E-state index in [9.17, 15) is 18.0 Å². The van der Waals surface area contributed by atoms with Crippen molar-refractivity contribution in [1.82, 2.24) is 15.5 Å². The van der Waals surface area contributed by atoms with Crippen molar-refractivity contribution in [2.24, 2.45) is 5.41 Å². The smallest absolute Gasteiger partial charge is 0.333 e. The van der Waals surface area contributed by atoms with Gasteiger partial charge in [-0.2, -0.15) is 18.2 Å². The van der Waals surface area contributed by atoms with E-state index in [1.165, 1.54) is 0 Å². The van der Waals surface area contributed by atoms with Crippen LogP contribution in [-0.4, -0.2) is 28.3 Å². The fourth-order valence-corrected chi connectivity index (χ4v) is 5.43. The standard InChI is InChI=1S/C23H28BrF3N4O2/c1-20(2,3)29-19(32)31(16-6-4-5-15(24)13-16)14-21-7-10-22(11-8-21,12-9-21)17-28-18(33-30-17)23(25,26)27/h4-6,13H,7-12,14H2,1-3H3,(H,29,32). The number of nitrogens with zero attached hydrogens (tertiary/aromatic N) is 3. The summed E-state index contributed by atoms with van der Waals surface area (Å²) in [5.41, 5.74) is -0.169. The summed E-state index contributed by atoms with van der Waals surface area (Å²) in [5, 5.41) is 6.76. The normalized spacial score (nSPS) is 25.2. The molecule has 3 aliphatic carbocycles. The first kappa shape index (κ1) is 24.0. The van der Waals surface area contributed by atoms with Crippen LogP contribution in [-0.2, 0) is 11.6 Å². The number of carbonyl (C=O) groups is 1. The summed E-state index contributed by atoms with van der Waals surface area (Å²) in [4.78, 5) is 18.8. The van der Waals surface area contributed by atoms with Crippen LogP contribution >= 0.6 is 15.9 Å². The van der Waals surface area contributed by atoms with Crippen molar-refractivity contribution in [1.29, 1.82) is 0 Å². The van der Waals surface area contributed by atoms with Crippen LogP contribution in [0.2, 0.25) is 0 Å². The predicted molar refractivity (Wildman–Crippen MR) is 121 cm³/mol. The number of nitrogens with one attached hydrogen (secondary N) is 1. The molecule has 1 heterocycles. The number of alkyl halides is 3. The van der Waals surface area contributed by atoms with Crippen molar-refractivity contribution < 1.29 is 22.5 Å². The van der Waals surface area contributed by atoms with Gasteiger partial charge in [-0.3, -0.25) is 4.90 Å². The van der Waals surface area contributed by atoms with E-state index in [0.717, 1.165) is 29.4 Å². The summed E-state index contributed by atoms with van der Waals surface area (Å²) in [7, 11) is 0. The maximum absolute atomic E-state index is 13.3. The van der Waals surface area contributed by atoms with Crippen molar-refractivity contribution in [2.75, 3.05) is 11.4 Å². The SMILES string of the molecule is CC(C)(C)NC(=O)N(CC12CCC(c3noc(C(F)(F)F)n3)(CC1)CC2)c1cccc(Br)c1. The third-order valence-corrected chi connectivity index (χ3v) is 7.38. The number of hydrogen-bond acceptors (Lipinski definition) is 4. The first-order valence-corrected chi connectivity index (χ1v) is 11.9. The van der Waals surface area contributed by atoms with Gasteiger partial charge in [-0.05, 0) is 82.9 Å². The maximum Gasteiger partial charge on any atom is 0.471 e. The molecule has 3 aliphatic rings. The second kappa shape index (κ2) is 8.29. The van der Waals surface area contributed by atoms with Gasteiger partial charge in [0, 0.05) is 27.7 Å². The first-order valence-electron chi connectivity index (χ1n) is 11.1. The molecule has 180 valence electrons. The zero-order chi connectivity index (χ0) is 24.1. The lowest BCUT2D eigenvalue weighted by Gasteiger charge is -2.53. The van der Waals surface area contributed by atoms with Crippen molar-refractivity contribution in [2.45, 2.75) is 76.4 Å². The number of benzene rings is 1. The second-order valence-corrected chi connectivity index (χ2v) is 11.4. The molecule has 3 fully saturated rings. The lowest BCUT2D eigenvalue weighted by atomic mass is 9.53. The molecule has 2 bridgehead atoms. The highest BCUT2D eigenvalue weighted by Crippen LogP contribution is 2.57. The number of urea groups is 1. The highest BCUT2D eigenvalue weighted by molar-refractivity contribution is 9.10. The van der Waals surface area contributed by atoms with Crippen LogP contribution in [0.1, 0.15) is 71.0 Å². The fraction of sp³-hybridized carbons (Fsp3) is 0.609. The van der Waals surface area contributed by atoms with Gasteiger partial charge in [-0.25, -0.2) is 4.79 Å². The molecular formula is C23H28BrF3N4O2. The minimum absolute atomic E-state index is 0.101. The molecule has 2 amide bonds. The van der Waals surface area contributed by atoms with Crippen molar-refractivity contribution in [3.05, 3.63) is 40.5 Å². The van der Waals surface area contributed by atoms with Crippen molar-refractivity contribution >= 4 is 27.6 Å². The van der Waals surface area contributed by atoms with E-state index in [2.05, 4.69) is 35.9 Å². The Balaban J connectivity index is 1.54. The fourth-order valence-electron chi connectivity index (χ4n) is 5.04. The van der Waals surface area contributed by atoms with Gasteiger partial charge >= 0.3 is 18.1 Å². The topological polar surface area (TPSA) is 71.3 Å². The minimum Gasteiger partial charge on any atom is -0.333 e. The van der Waals surface area contributed by atoms with Gasteiger partial charge in [0.15, 0.2) is 5.82 Å². The van der Waals surface area contributed by atoms with E-state index in [4.69, 9.17) is 0 Å². The third kappa shape index (κ3) is 5.05. The molecule has 33 heavy (non-hydrogen) atoms. The van der Waals surface area contributed by atoms with Crippen molar-refractivity contribution in [3.8, 4) is 0 Å². The zero-order valence-electron chi connectivity index (χ0n) is 18.9. The minimum atomic E-state index is -4.64. The molecule has 0 aliphatic heterocycles. The lowest BCUT2D eigenvalue weighted by molar-refractivity contribution is -0.159. The number of halogens is 4. The molecule has 1 aromatic carbocycles. The van der Waals surface area contributed by atoms with E-state index >= 15 is 0 Å². The number of carbonyl (C=O) groups excluding carboxylic acids is 1. The molecule has 2 aromatic rings. The molecule has 5 rings (SSSR count). The Labute approximate surface area is 199 Å². The molecular weight excluding hydrogens is 501 g/mol. The molecule has 1 aromatic heterocycles. The van der Waals surface area contributed by atoms with E-state index < -0.39 is 17.5 Å². The predicted octanol–water partition coefficient (Wildman–Crippen LogP) is 6.46. The summed E-state index contributed by atoms with van der Waals surface area (Å²) >= 11 is 3.49. The van der Waals surface area contributed by atoms with E-state index in [-0.39, 0.29) is 22.8 Å². The van der Waals surface area contributed by atoms with Crippen LogP contribution in [0.5, 0.6) is 0 Å². The summed E-state index contributed by atoms with van der Waals surface area (Å²) in [5.74, 6) is -1.12. The number of hydrogen-bond donors (Lipinski definition) is 1. The highest BCUT2D eigenvalue weighted by atomic mass is 79.9. The summed E-state index contributed by atoms with van der Waals surface area (Å²) in [6, 6.07) is 7.49. The second-order valence-electron chi connectivity index (χ2n) is 10.4. The van der Waals surface area contributed by atoms with Crippen LogP contribution in [0.3, 0.4) is 0 Å². The Morgan fingerprint density at radius 3 is 2.30 bits per heavy atom. The monoisotopic (exact) mass is 528 g/mol. The van der Waals surface area contributed by atoms with Gasteiger partial charge in [0.1, 0.15) is 0 Å². The molecule has 10 heteroatoms. The lowest BCUT2D eigenvalue weighted by Crippen LogP contribution is -2.55. The number of aromatic nitrogens is 2. The van der Waals surface area contributed by atoms with Crippen molar-refractivity contribution in [3.63, 3.8) is 0 Å². The number of anilines is 1. The average Bonchev–Trinajstić information content (AvgIpc) is 3.24. The molecule has 0 atom stereocenters. The van der Waals surface area contributed by atoms with Gasteiger partial charge in [0.25, 0.3) is 0 Å². The van der Waals surface area contributed by atoms with Crippen LogP contribution in [0.25, 0.3) is 0 Å². The Morgan fingerprint density at radius 2 is 1.79 bits per heavy atom. The number of fused-ring (bicyclic) bond motifs is 3. The van der Waals surface area contributed by atoms with Crippen LogP contribution in [0, 0.1) is 5.41 Å². The molecule has 1 N–H and O–H groups in total. The van der Waals surface area contributed by atoms with Gasteiger partial charge in [0.05, 0.1) is 0 Å². The Morgan fingerprint density at radius 1 is 1.15 bits per heavy atom. The molecule has 0 unspecified atom stereocenters. The largest absolute Gasteiger partial charge is 0.471 e. The number of amides is 2. The molecule has 6 nitrogen and oxygen atoms in total. The van der Waals surface area contributed by atoms with Crippen LogP contribution < -0.4 is 10.2 Å². The van der Waals surface area contributed by atoms with Gasteiger partial charge in [-0.1, -0.05) is 27.2 Å². The summed E-state index contributed by atoms with van der Waals surface area (Å²) in [6.45, 7) is 6.37. The maximum atomic E-state index is 13.3. The number of rotatable bonds is 4. The van der Waals surface area contributed by atoms with Gasteiger partial charge < -0.3 is 9.84 Å². The van der Waals surface area contributed by atoms with E-state index in [1.807, 2.05) is 45.0 Å². The van der Waals surface area contributed by atoms with E-state index in [1.54, 1.807) is 4.90 Å². The average molecular weight is 529 g/mol. The highest BCUT2D eigenvalue weighted by Gasteiger charge is 2.53. The first-order chi connectivity index (χ1) is 15.3. The van der Waals surface area contributed by atoms with Crippen LogP contribution in [0.15, 0.2) is 33.3 Å². The van der Waals surface area contributed by atoms with Gasteiger partial charge in [-0.15, -0.1) is 0 Å². The summed E-state index contributed by atoms with van der Waals surface area (Å²) in [6.07, 6.45) is -0.242. The Bertz CT molecular complexity index is 1010. The van der Waals surface area contributed by atoms with Gasteiger partial charge in [0.2, 0.25) is 0 Å². The zero-order valence-corrected chi connectivity index (χ0v) is 20.5. The Hall–Kier alpha value is -2.10. The molecule has 0 spiro atoms. The molecule has 3 saturated carbocycles. The molecule has 0 radical (unpaired) electrons. The van der Waals surface area contributed by atoms with Crippen LogP contribution in [0.4, 0.5) is 23.7 Å². The van der Waals surface area contributed by atoms with E-state index in [0.29, 0.717) is 25.8 Å². The Kier molecular flexibility index (Phi) is 6.04. The quantitative estimate of drug-likeness (QED) is 0.494. The third-order valence-electron chi connectivity index (χ3n) is 6.89. The summed E-state index contributed by atoms with van der Waals surface area (Å²) < 4.78 is 44.2. The molecule has 0 saturated heterocycles.